The standard InChI is InChI=1S/C18H30N2/c1-6-17-11-19-16(10-13(2)3)12-20(17)18-9-7-8-14(4)15(18)5/h7-9,13,16-17,19H,6,10-12H2,1-5H3. The predicted octanol–water partition coefficient (Wildman–Crippen LogP) is 3.91. The van der Waals surface area contributed by atoms with Crippen molar-refractivity contribution < 1.29 is 0 Å². The van der Waals surface area contributed by atoms with Crippen molar-refractivity contribution in [3.8, 4) is 0 Å². The number of anilines is 1. The van der Waals surface area contributed by atoms with Gasteiger partial charge in [0, 0.05) is 30.9 Å². The summed E-state index contributed by atoms with van der Waals surface area (Å²) in [5, 5.41) is 3.74. The fourth-order valence-electron chi connectivity index (χ4n) is 3.30. The zero-order chi connectivity index (χ0) is 14.7. The first-order chi connectivity index (χ1) is 9.52. The molecule has 0 bridgehead atoms. The van der Waals surface area contributed by atoms with Crippen molar-refractivity contribution in [2.24, 2.45) is 5.92 Å². The SMILES string of the molecule is CCC1CNC(CC(C)C)CN1c1cccc(C)c1C. The van der Waals surface area contributed by atoms with Gasteiger partial charge in [0.2, 0.25) is 0 Å². The van der Waals surface area contributed by atoms with Crippen molar-refractivity contribution in [2.75, 3.05) is 18.0 Å². The molecule has 0 amide bonds. The monoisotopic (exact) mass is 274 g/mol. The lowest BCUT2D eigenvalue weighted by Gasteiger charge is -2.43. The topological polar surface area (TPSA) is 15.3 Å². The molecule has 2 nitrogen and oxygen atoms in total. The fraction of sp³-hybridized carbons (Fsp3) is 0.667. The molecular formula is C18H30N2. The van der Waals surface area contributed by atoms with Crippen LogP contribution in [0.3, 0.4) is 0 Å². The Hall–Kier alpha value is -1.02. The minimum Gasteiger partial charge on any atom is -0.365 e. The van der Waals surface area contributed by atoms with Crippen LogP contribution in [-0.4, -0.2) is 25.2 Å². The van der Waals surface area contributed by atoms with Gasteiger partial charge in [-0.05, 0) is 49.8 Å². The maximum Gasteiger partial charge on any atom is 0.0412 e. The molecule has 1 heterocycles. The van der Waals surface area contributed by atoms with Gasteiger partial charge >= 0.3 is 0 Å². The van der Waals surface area contributed by atoms with E-state index in [2.05, 4.69) is 63.0 Å². The van der Waals surface area contributed by atoms with Crippen molar-refractivity contribution in [3.63, 3.8) is 0 Å². The smallest absolute Gasteiger partial charge is 0.0412 e. The van der Waals surface area contributed by atoms with Crippen LogP contribution in [0.2, 0.25) is 0 Å². The van der Waals surface area contributed by atoms with Gasteiger partial charge in [-0.25, -0.2) is 0 Å². The lowest BCUT2D eigenvalue weighted by atomic mass is 9.97. The van der Waals surface area contributed by atoms with Crippen molar-refractivity contribution in [3.05, 3.63) is 29.3 Å². The summed E-state index contributed by atoms with van der Waals surface area (Å²) >= 11 is 0. The number of aryl methyl sites for hydroxylation is 1. The fourth-order valence-corrected chi connectivity index (χ4v) is 3.30. The van der Waals surface area contributed by atoms with E-state index in [0.717, 1.165) is 19.0 Å². The lowest BCUT2D eigenvalue weighted by Crippen LogP contribution is -2.57. The number of nitrogens with zero attached hydrogens (tertiary/aromatic N) is 1. The maximum atomic E-state index is 3.74. The van der Waals surface area contributed by atoms with Gasteiger partial charge in [0.15, 0.2) is 0 Å². The van der Waals surface area contributed by atoms with Crippen molar-refractivity contribution in [2.45, 2.75) is 59.5 Å². The van der Waals surface area contributed by atoms with Crippen molar-refractivity contribution in [1.29, 1.82) is 0 Å². The van der Waals surface area contributed by atoms with E-state index in [1.54, 1.807) is 0 Å². The summed E-state index contributed by atoms with van der Waals surface area (Å²) in [4.78, 5) is 2.64. The number of nitrogens with one attached hydrogen (secondary N) is 1. The minimum atomic E-state index is 0.623. The Balaban J connectivity index is 2.22. The van der Waals surface area contributed by atoms with Gasteiger partial charge in [0.05, 0.1) is 0 Å². The van der Waals surface area contributed by atoms with E-state index in [0.29, 0.717) is 12.1 Å². The zero-order valence-corrected chi connectivity index (χ0v) is 13.7. The largest absolute Gasteiger partial charge is 0.365 e. The average Bonchev–Trinajstić information content (AvgIpc) is 2.41. The summed E-state index contributed by atoms with van der Waals surface area (Å²) < 4.78 is 0. The highest BCUT2D eigenvalue weighted by atomic mass is 15.2. The van der Waals surface area contributed by atoms with E-state index in [1.165, 1.54) is 29.7 Å². The Morgan fingerprint density at radius 2 is 2.05 bits per heavy atom. The summed E-state index contributed by atoms with van der Waals surface area (Å²) in [6, 6.07) is 7.96. The van der Waals surface area contributed by atoms with Gasteiger partial charge in [-0.15, -0.1) is 0 Å². The molecule has 1 aliphatic rings. The van der Waals surface area contributed by atoms with E-state index >= 15 is 0 Å². The summed E-state index contributed by atoms with van der Waals surface area (Å²) in [6.07, 6.45) is 2.46. The molecule has 1 N–H and O–H groups in total. The molecule has 1 aromatic rings. The highest BCUT2D eigenvalue weighted by Gasteiger charge is 2.28. The van der Waals surface area contributed by atoms with E-state index in [-0.39, 0.29) is 0 Å². The van der Waals surface area contributed by atoms with E-state index in [9.17, 15) is 0 Å². The van der Waals surface area contributed by atoms with Crippen LogP contribution in [-0.2, 0) is 0 Å². The van der Waals surface area contributed by atoms with Crippen LogP contribution in [0, 0.1) is 19.8 Å². The number of hydrogen-bond acceptors (Lipinski definition) is 2. The van der Waals surface area contributed by atoms with Crippen LogP contribution in [0.15, 0.2) is 18.2 Å². The zero-order valence-electron chi connectivity index (χ0n) is 13.7. The number of piperazine rings is 1. The molecule has 1 fully saturated rings. The lowest BCUT2D eigenvalue weighted by molar-refractivity contribution is 0.343. The molecule has 0 radical (unpaired) electrons. The molecule has 112 valence electrons. The predicted molar refractivity (Wildman–Crippen MR) is 88.6 cm³/mol. The number of hydrogen-bond donors (Lipinski definition) is 1. The molecule has 1 aliphatic heterocycles. The third-order valence-electron chi connectivity index (χ3n) is 4.61. The van der Waals surface area contributed by atoms with Crippen LogP contribution in [0.4, 0.5) is 5.69 Å². The van der Waals surface area contributed by atoms with Crippen LogP contribution in [0.25, 0.3) is 0 Å². The van der Waals surface area contributed by atoms with Gasteiger partial charge in [-0.1, -0.05) is 32.9 Å². The van der Waals surface area contributed by atoms with Gasteiger partial charge in [0.1, 0.15) is 0 Å². The van der Waals surface area contributed by atoms with E-state index in [1.807, 2.05) is 0 Å². The highest BCUT2D eigenvalue weighted by molar-refractivity contribution is 5.57. The average molecular weight is 274 g/mol. The third-order valence-corrected chi connectivity index (χ3v) is 4.61. The molecular weight excluding hydrogens is 244 g/mol. The van der Waals surface area contributed by atoms with E-state index in [4.69, 9.17) is 0 Å². The second-order valence-corrected chi connectivity index (χ2v) is 6.67. The van der Waals surface area contributed by atoms with Crippen LogP contribution < -0.4 is 10.2 Å². The Morgan fingerprint density at radius 1 is 1.30 bits per heavy atom. The molecule has 0 aliphatic carbocycles. The van der Waals surface area contributed by atoms with Crippen LogP contribution in [0.1, 0.15) is 44.7 Å². The second kappa shape index (κ2) is 6.62. The van der Waals surface area contributed by atoms with Gasteiger partial charge in [0.25, 0.3) is 0 Å². The van der Waals surface area contributed by atoms with E-state index < -0.39 is 0 Å². The van der Waals surface area contributed by atoms with Gasteiger partial charge < -0.3 is 10.2 Å². The molecule has 20 heavy (non-hydrogen) atoms. The molecule has 0 aromatic heterocycles. The Labute approximate surface area is 124 Å². The summed E-state index contributed by atoms with van der Waals surface area (Å²) in [6.45, 7) is 13.7. The Bertz CT molecular complexity index is 439. The first-order valence-electron chi connectivity index (χ1n) is 8.09. The molecule has 2 atom stereocenters. The molecule has 1 aromatic carbocycles. The number of rotatable bonds is 4. The molecule has 0 saturated carbocycles. The molecule has 2 unspecified atom stereocenters. The van der Waals surface area contributed by atoms with Gasteiger partial charge in [-0.2, -0.15) is 0 Å². The summed E-state index contributed by atoms with van der Waals surface area (Å²) in [5.41, 5.74) is 4.28. The van der Waals surface area contributed by atoms with Crippen LogP contribution >= 0.6 is 0 Å². The Morgan fingerprint density at radius 3 is 2.70 bits per heavy atom. The quantitative estimate of drug-likeness (QED) is 0.895. The first kappa shape index (κ1) is 15.4. The van der Waals surface area contributed by atoms with Gasteiger partial charge in [-0.3, -0.25) is 0 Å². The molecule has 1 saturated heterocycles. The van der Waals surface area contributed by atoms with Crippen molar-refractivity contribution >= 4 is 5.69 Å². The minimum absolute atomic E-state index is 0.623. The second-order valence-electron chi connectivity index (χ2n) is 6.67. The Kier molecular flexibility index (Phi) is 5.09. The molecule has 2 rings (SSSR count). The molecule has 2 heteroatoms. The van der Waals surface area contributed by atoms with Crippen LogP contribution in [0.5, 0.6) is 0 Å². The molecule has 0 spiro atoms. The number of benzene rings is 1. The maximum absolute atomic E-state index is 3.74. The summed E-state index contributed by atoms with van der Waals surface area (Å²) in [7, 11) is 0. The summed E-state index contributed by atoms with van der Waals surface area (Å²) in [5.74, 6) is 0.756. The highest BCUT2D eigenvalue weighted by Crippen LogP contribution is 2.28. The third kappa shape index (κ3) is 3.35. The van der Waals surface area contributed by atoms with Crippen molar-refractivity contribution in [1.82, 2.24) is 5.32 Å². The first-order valence-corrected chi connectivity index (χ1v) is 8.09. The normalized spacial score (nSPS) is 23.4.